The van der Waals surface area contributed by atoms with E-state index >= 15 is 0 Å². The van der Waals surface area contributed by atoms with Crippen LogP contribution in [0.25, 0.3) is 0 Å². The molecule has 1 fully saturated rings. The smallest absolute Gasteiger partial charge is 0.220 e. The Morgan fingerprint density at radius 1 is 1.47 bits per heavy atom. The van der Waals surface area contributed by atoms with Crippen molar-refractivity contribution in [3.63, 3.8) is 0 Å². The predicted molar refractivity (Wildman–Crippen MR) is 70.4 cm³/mol. The van der Waals surface area contributed by atoms with Gasteiger partial charge in [-0.15, -0.1) is 10.2 Å². The predicted octanol–water partition coefficient (Wildman–Crippen LogP) is 2.22. The number of nitrogens with one attached hydrogen (secondary N) is 1. The van der Waals surface area contributed by atoms with Gasteiger partial charge in [0.25, 0.3) is 0 Å². The lowest BCUT2D eigenvalue weighted by Gasteiger charge is -2.05. The van der Waals surface area contributed by atoms with Crippen LogP contribution in [-0.2, 0) is 6.42 Å². The molecule has 96 valence electrons. The first kappa shape index (κ1) is 12.9. The number of aryl methyl sites for hydroxylation is 1. The van der Waals surface area contributed by atoms with Gasteiger partial charge in [0.15, 0.2) is 0 Å². The van der Waals surface area contributed by atoms with E-state index in [2.05, 4.69) is 29.4 Å². The SMILES string of the molecule is CC(C)NCCCc1nnc(C2CCSC2)o1. The van der Waals surface area contributed by atoms with Gasteiger partial charge in [-0.2, -0.15) is 11.8 Å². The maximum absolute atomic E-state index is 5.71. The lowest BCUT2D eigenvalue weighted by Crippen LogP contribution is -2.23. The lowest BCUT2D eigenvalue weighted by molar-refractivity contribution is 0.418. The van der Waals surface area contributed by atoms with E-state index in [-0.39, 0.29) is 0 Å². The zero-order chi connectivity index (χ0) is 12.1. The van der Waals surface area contributed by atoms with Crippen molar-refractivity contribution in [2.45, 2.75) is 45.1 Å². The fraction of sp³-hybridized carbons (Fsp3) is 0.833. The number of hydrogen-bond donors (Lipinski definition) is 1. The third-order valence-electron chi connectivity index (χ3n) is 2.88. The van der Waals surface area contributed by atoms with Crippen molar-refractivity contribution in [3.8, 4) is 0 Å². The van der Waals surface area contributed by atoms with Crippen LogP contribution in [0.4, 0.5) is 0 Å². The second-order valence-electron chi connectivity index (χ2n) is 4.81. The van der Waals surface area contributed by atoms with Gasteiger partial charge in [0.2, 0.25) is 11.8 Å². The Bertz CT molecular complexity index is 334. The summed E-state index contributed by atoms with van der Waals surface area (Å²) in [6, 6.07) is 0.545. The molecule has 0 bridgehead atoms. The summed E-state index contributed by atoms with van der Waals surface area (Å²) in [6.07, 6.45) is 3.12. The van der Waals surface area contributed by atoms with Gasteiger partial charge >= 0.3 is 0 Å². The highest BCUT2D eigenvalue weighted by Crippen LogP contribution is 2.31. The summed E-state index contributed by atoms with van der Waals surface area (Å²) in [5.41, 5.74) is 0. The van der Waals surface area contributed by atoms with Gasteiger partial charge in [0, 0.05) is 24.1 Å². The summed E-state index contributed by atoms with van der Waals surface area (Å²) in [6.45, 7) is 5.32. The molecule has 1 aliphatic heterocycles. The first-order valence-corrected chi connectivity index (χ1v) is 7.54. The van der Waals surface area contributed by atoms with Crippen LogP contribution in [0.5, 0.6) is 0 Å². The Morgan fingerprint density at radius 2 is 2.35 bits per heavy atom. The van der Waals surface area contributed by atoms with Crippen molar-refractivity contribution < 1.29 is 4.42 Å². The van der Waals surface area contributed by atoms with Crippen LogP contribution in [0.3, 0.4) is 0 Å². The number of rotatable bonds is 6. The average molecular weight is 255 g/mol. The molecule has 1 aromatic heterocycles. The molecule has 4 nitrogen and oxygen atoms in total. The molecule has 2 rings (SSSR count). The molecule has 0 radical (unpaired) electrons. The molecule has 1 N–H and O–H groups in total. The molecule has 1 aromatic rings. The molecular formula is C12H21N3OS. The third-order valence-corrected chi connectivity index (χ3v) is 4.04. The molecule has 0 saturated carbocycles. The van der Waals surface area contributed by atoms with Crippen molar-refractivity contribution in [3.05, 3.63) is 11.8 Å². The van der Waals surface area contributed by atoms with Gasteiger partial charge in [-0.25, -0.2) is 0 Å². The summed E-state index contributed by atoms with van der Waals surface area (Å²) in [5.74, 6) is 4.50. The second-order valence-corrected chi connectivity index (χ2v) is 5.96. The molecule has 2 heterocycles. The minimum Gasteiger partial charge on any atom is -0.425 e. The molecule has 0 aliphatic carbocycles. The monoisotopic (exact) mass is 255 g/mol. The van der Waals surface area contributed by atoms with Crippen LogP contribution in [0.1, 0.15) is 44.4 Å². The molecular weight excluding hydrogens is 234 g/mol. The van der Waals surface area contributed by atoms with Crippen LogP contribution < -0.4 is 5.32 Å². The molecule has 1 saturated heterocycles. The summed E-state index contributed by atoms with van der Waals surface area (Å²) in [4.78, 5) is 0. The van der Waals surface area contributed by atoms with Crippen molar-refractivity contribution >= 4 is 11.8 Å². The fourth-order valence-corrected chi connectivity index (χ4v) is 3.10. The summed E-state index contributed by atoms with van der Waals surface area (Å²) < 4.78 is 5.71. The number of hydrogen-bond acceptors (Lipinski definition) is 5. The van der Waals surface area contributed by atoms with Crippen molar-refractivity contribution in [1.82, 2.24) is 15.5 Å². The van der Waals surface area contributed by atoms with E-state index in [1.54, 1.807) is 0 Å². The zero-order valence-electron chi connectivity index (χ0n) is 10.6. The van der Waals surface area contributed by atoms with Crippen LogP contribution in [-0.4, -0.2) is 34.3 Å². The van der Waals surface area contributed by atoms with Gasteiger partial charge in [-0.3, -0.25) is 0 Å². The van der Waals surface area contributed by atoms with Crippen molar-refractivity contribution in [2.24, 2.45) is 0 Å². The zero-order valence-corrected chi connectivity index (χ0v) is 11.4. The third kappa shape index (κ3) is 4.00. The Balaban J connectivity index is 1.74. The van der Waals surface area contributed by atoms with E-state index in [9.17, 15) is 0 Å². The standard InChI is InChI=1S/C12H21N3OS/c1-9(2)13-6-3-4-11-14-15-12(16-11)10-5-7-17-8-10/h9-10,13H,3-8H2,1-2H3. The van der Waals surface area contributed by atoms with Crippen LogP contribution in [0.2, 0.25) is 0 Å². The van der Waals surface area contributed by atoms with Crippen LogP contribution in [0, 0.1) is 0 Å². The Hall–Kier alpha value is -0.550. The molecule has 1 aliphatic rings. The first-order chi connectivity index (χ1) is 8.25. The van der Waals surface area contributed by atoms with Crippen LogP contribution in [0.15, 0.2) is 4.42 Å². The fourth-order valence-electron chi connectivity index (χ4n) is 1.89. The Kier molecular flexibility index (Phi) is 4.86. The highest BCUT2D eigenvalue weighted by atomic mass is 32.2. The molecule has 1 unspecified atom stereocenters. The largest absolute Gasteiger partial charge is 0.425 e. The lowest BCUT2D eigenvalue weighted by atomic mass is 10.1. The van der Waals surface area contributed by atoms with Crippen LogP contribution >= 0.6 is 11.8 Å². The van der Waals surface area contributed by atoms with Crippen molar-refractivity contribution in [1.29, 1.82) is 0 Å². The molecule has 5 heteroatoms. The minimum absolute atomic E-state index is 0.495. The highest BCUT2D eigenvalue weighted by molar-refractivity contribution is 7.99. The maximum Gasteiger partial charge on any atom is 0.220 e. The number of nitrogens with zero attached hydrogens (tertiary/aromatic N) is 2. The number of aromatic nitrogens is 2. The highest BCUT2D eigenvalue weighted by Gasteiger charge is 2.22. The maximum atomic E-state index is 5.71. The normalized spacial score (nSPS) is 20.3. The molecule has 1 atom stereocenters. The van der Waals surface area contributed by atoms with Gasteiger partial charge < -0.3 is 9.73 Å². The molecule has 17 heavy (non-hydrogen) atoms. The average Bonchev–Trinajstić information content (AvgIpc) is 2.94. The molecule has 0 aromatic carbocycles. The minimum atomic E-state index is 0.495. The van der Waals surface area contributed by atoms with Crippen molar-refractivity contribution in [2.75, 3.05) is 18.1 Å². The van der Waals surface area contributed by atoms with E-state index in [0.717, 1.165) is 36.9 Å². The summed E-state index contributed by atoms with van der Waals surface area (Å²) in [7, 11) is 0. The van der Waals surface area contributed by atoms with Gasteiger partial charge in [-0.1, -0.05) is 13.8 Å². The molecule has 0 amide bonds. The molecule has 0 spiro atoms. The van der Waals surface area contributed by atoms with E-state index in [1.807, 2.05) is 11.8 Å². The van der Waals surface area contributed by atoms with Gasteiger partial charge in [-0.05, 0) is 25.1 Å². The summed E-state index contributed by atoms with van der Waals surface area (Å²) >= 11 is 1.97. The first-order valence-electron chi connectivity index (χ1n) is 6.39. The Morgan fingerprint density at radius 3 is 3.06 bits per heavy atom. The van der Waals surface area contributed by atoms with Gasteiger partial charge in [0.1, 0.15) is 0 Å². The number of thioether (sulfide) groups is 1. The van der Waals surface area contributed by atoms with E-state index < -0.39 is 0 Å². The topological polar surface area (TPSA) is 51.0 Å². The summed E-state index contributed by atoms with van der Waals surface area (Å²) in [5, 5.41) is 11.7. The van der Waals surface area contributed by atoms with E-state index in [4.69, 9.17) is 4.42 Å². The Labute approximate surface area is 107 Å². The quantitative estimate of drug-likeness (QED) is 0.790. The van der Waals surface area contributed by atoms with E-state index in [0.29, 0.717) is 12.0 Å². The van der Waals surface area contributed by atoms with E-state index in [1.165, 1.54) is 12.2 Å². The second kappa shape index (κ2) is 6.40. The van der Waals surface area contributed by atoms with Gasteiger partial charge in [0.05, 0.1) is 0 Å².